The fourth-order valence-electron chi connectivity index (χ4n) is 1.88. The summed E-state index contributed by atoms with van der Waals surface area (Å²) in [5.41, 5.74) is 6.49. The molecule has 0 atom stereocenters. The van der Waals surface area contributed by atoms with Crippen LogP contribution in [0, 0.1) is 5.92 Å². The molecule has 0 amide bonds. The van der Waals surface area contributed by atoms with Gasteiger partial charge in [-0.1, -0.05) is 13.8 Å². The summed E-state index contributed by atoms with van der Waals surface area (Å²) in [6.07, 6.45) is 0. The van der Waals surface area contributed by atoms with E-state index in [9.17, 15) is 4.79 Å². The summed E-state index contributed by atoms with van der Waals surface area (Å²) in [4.78, 5) is 19.4. The molecular weight excluding hydrogens is 256 g/mol. The van der Waals surface area contributed by atoms with Crippen molar-refractivity contribution in [3.05, 3.63) is 17.8 Å². The Kier molecular flexibility index (Phi) is 5.76. The highest BCUT2D eigenvalue weighted by atomic mass is 16.4. The first-order valence-corrected chi connectivity index (χ1v) is 6.70. The van der Waals surface area contributed by atoms with Crippen LogP contribution in [-0.2, 0) is 0 Å². The minimum atomic E-state index is -1.04. The molecule has 0 aliphatic rings. The molecule has 112 valence electrons. The van der Waals surface area contributed by atoms with E-state index >= 15 is 0 Å². The molecule has 0 saturated heterocycles. The Morgan fingerprint density at radius 3 is 2.50 bits per heavy atom. The van der Waals surface area contributed by atoms with Crippen molar-refractivity contribution >= 4 is 17.5 Å². The van der Waals surface area contributed by atoms with Gasteiger partial charge in [0, 0.05) is 19.6 Å². The summed E-state index contributed by atoms with van der Waals surface area (Å²) in [7, 11) is 4.00. The molecule has 1 heterocycles. The molecule has 0 unspecified atom stereocenters. The van der Waals surface area contributed by atoms with E-state index in [0.717, 1.165) is 19.6 Å². The minimum absolute atomic E-state index is 0.0211. The Morgan fingerprint density at radius 1 is 1.35 bits per heavy atom. The molecule has 1 aromatic rings. The van der Waals surface area contributed by atoms with E-state index < -0.39 is 5.97 Å². The zero-order valence-electron chi connectivity index (χ0n) is 12.6. The van der Waals surface area contributed by atoms with Gasteiger partial charge < -0.3 is 20.6 Å². The molecule has 3 N–H and O–H groups in total. The van der Waals surface area contributed by atoms with Gasteiger partial charge in [-0.25, -0.2) is 9.78 Å². The zero-order valence-corrected chi connectivity index (χ0v) is 12.6. The first-order valence-electron chi connectivity index (χ1n) is 6.70. The Bertz CT molecular complexity index is 460. The van der Waals surface area contributed by atoms with E-state index in [-0.39, 0.29) is 5.69 Å². The zero-order chi connectivity index (χ0) is 15.3. The molecule has 0 bridgehead atoms. The summed E-state index contributed by atoms with van der Waals surface area (Å²) in [5, 5.41) is 9.05. The quantitative estimate of drug-likeness (QED) is 0.785. The number of carboxylic acids is 1. The van der Waals surface area contributed by atoms with Crippen molar-refractivity contribution in [1.82, 2.24) is 9.88 Å². The SMILES string of the molecule is CC(C)CN(CCN(C)C)c1nc(C(=O)O)ccc1N. The van der Waals surface area contributed by atoms with Gasteiger partial charge in [-0.15, -0.1) is 0 Å². The standard InChI is InChI=1S/C14H24N4O2/c1-10(2)9-18(8-7-17(3)4)13-11(15)5-6-12(16-13)14(19)20/h5-6,10H,7-9,15H2,1-4H3,(H,19,20). The topological polar surface area (TPSA) is 82.7 Å². The molecule has 1 aromatic heterocycles. The molecule has 0 aromatic carbocycles. The number of hydrogen-bond acceptors (Lipinski definition) is 5. The van der Waals surface area contributed by atoms with E-state index in [1.54, 1.807) is 6.07 Å². The Labute approximate surface area is 120 Å². The van der Waals surface area contributed by atoms with Gasteiger partial charge in [0.25, 0.3) is 0 Å². The second-order valence-electron chi connectivity index (χ2n) is 5.56. The van der Waals surface area contributed by atoms with E-state index in [1.165, 1.54) is 6.07 Å². The average molecular weight is 280 g/mol. The lowest BCUT2D eigenvalue weighted by atomic mass is 10.2. The van der Waals surface area contributed by atoms with Gasteiger partial charge in [-0.05, 0) is 32.1 Å². The Hall–Kier alpha value is -1.82. The fraction of sp³-hybridized carbons (Fsp3) is 0.571. The van der Waals surface area contributed by atoms with Crippen molar-refractivity contribution in [1.29, 1.82) is 0 Å². The summed E-state index contributed by atoms with van der Waals surface area (Å²) < 4.78 is 0. The number of aromatic nitrogens is 1. The van der Waals surface area contributed by atoms with Gasteiger partial charge in [0.15, 0.2) is 11.5 Å². The highest BCUT2D eigenvalue weighted by molar-refractivity contribution is 5.87. The van der Waals surface area contributed by atoms with E-state index in [1.807, 2.05) is 19.0 Å². The van der Waals surface area contributed by atoms with Crippen LogP contribution in [0.4, 0.5) is 11.5 Å². The molecule has 0 aliphatic carbocycles. The number of hydrogen-bond donors (Lipinski definition) is 2. The van der Waals surface area contributed by atoms with Crippen LogP contribution in [0.15, 0.2) is 12.1 Å². The highest BCUT2D eigenvalue weighted by Crippen LogP contribution is 2.22. The van der Waals surface area contributed by atoms with Crippen LogP contribution in [0.3, 0.4) is 0 Å². The number of aromatic carboxylic acids is 1. The van der Waals surface area contributed by atoms with Crippen LogP contribution in [0.1, 0.15) is 24.3 Å². The Balaban J connectivity index is 3.04. The summed E-state index contributed by atoms with van der Waals surface area (Å²) >= 11 is 0. The maximum absolute atomic E-state index is 11.0. The molecule has 6 heteroatoms. The number of nitrogens with zero attached hydrogens (tertiary/aromatic N) is 3. The number of anilines is 2. The van der Waals surface area contributed by atoms with Gasteiger partial charge >= 0.3 is 5.97 Å². The second-order valence-corrected chi connectivity index (χ2v) is 5.56. The molecule has 0 fully saturated rings. The molecule has 0 aliphatic heterocycles. The van der Waals surface area contributed by atoms with Gasteiger partial charge in [0.2, 0.25) is 0 Å². The largest absolute Gasteiger partial charge is 0.477 e. The lowest BCUT2D eigenvalue weighted by Gasteiger charge is -2.28. The number of rotatable bonds is 7. The van der Waals surface area contributed by atoms with Crippen LogP contribution in [0.5, 0.6) is 0 Å². The first kappa shape index (κ1) is 16.2. The van der Waals surface area contributed by atoms with E-state index in [4.69, 9.17) is 10.8 Å². The van der Waals surface area contributed by atoms with Gasteiger partial charge in [0.05, 0.1) is 5.69 Å². The van der Waals surface area contributed by atoms with Crippen molar-refractivity contribution in [3.63, 3.8) is 0 Å². The van der Waals surface area contributed by atoms with Crippen LogP contribution in [0.2, 0.25) is 0 Å². The van der Waals surface area contributed by atoms with Crippen molar-refractivity contribution in [2.24, 2.45) is 5.92 Å². The van der Waals surface area contributed by atoms with Gasteiger partial charge in [-0.3, -0.25) is 0 Å². The monoisotopic (exact) mass is 280 g/mol. The van der Waals surface area contributed by atoms with E-state index in [0.29, 0.717) is 17.4 Å². The number of nitrogen functional groups attached to an aromatic ring is 1. The highest BCUT2D eigenvalue weighted by Gasteiger charge is 2.16. The smallest absolute Gasteiger partial charge is 0.354 e. The molecule has 0 saturated carbocycles. The van der Waals surface area contributed by atoms with E-state index in [2.05, 4.69) is 23.7 Å². The van der Waals surface area contributed by atoms with Crippen molar-refractivity contribution in [2.45, 2.75) is 13.8 Å². The second kappa shape index (κ2) is 7.09. The third-order valence-corrected chi connectivity index (χ3v) is 2.83. The van der Waals surface area contributed by atoms with Crippen molar-refractivity contribution in [2.75, 3.05) is 44.4 Å². The molecule has 0 spiro atoms. The number of carboxylic acid groups (broad SMARTS) is 1. The van der Waals surface area contributed by atoms with Crippen LogP contribution >= 0.6 is 0 Å². The Morgan fingerprint density at radius 2 is 2.00 bits per heavy atom. The fourth-order valence-corrected chi connectivity index (χ4v) is 1.88. The maximum Gasteiger partial charge on any atom is 0.354 e. The molecule has 0 radical (unpaired) electrons. The third-order valence-electron chi connectivity index (χ3n) is 2.83. The summed E-state index contributed by atoms with van der Waals surface area (Å²) in [6, 6.07) is 3.04. The average Bonchev–Trinajstić information content (AvgIpc) is 2.34. The number of likely N-dealkylation sites (N-methyl/N-ethyl adjacent to an activating group) is 1. The normalized spacial score (nSPS) is 11.1. The minimum Gasteiger partial charge on any atom is -0.477 e. The summed E-state index contributed by atoms with van der Waals surface area (Å²) in [5.74, 6) is -0.0457. The summed E-state index contributed by atoms with van der Waals surface area (Å²) in [6.45, 7) is 6.62. The van der Waals surface area contributed by atoms with Crippen LogP contribution in [0.25, 0.3) is 0 Å². The van der Waals surface area contributed by atoms with Crippen LogP contribution in [-0.4, -0.2) is 54.7 Å². The van der Waals surface area contributed by atoms with Crippen LogP contribution < -0.4 is 10.6 Å². The van der Waals surface area contributed by atoms with Gasteiger partial charge in [0.1, 0.15) is 0 Å². The predicted octanol–water partition coefficient (Wildman–Crippen LogP) is 1.39. The van der Waals surface area contributed by atoms with Crippen molar-refractivity contribution < 1.29 is 9.90 Å². The lowest BCUT2D eigenvalue weighted by molar-refractivity contribution is 0.0690. The number of nitrogens with two attached hydrogens (primary N) is 1. The molecular formula is C14H24N4O2. The predicted molar refractivity (Wildman–Crippen MR) is 81.2 cm³/mol. The first-order chi connectivity index (χ1) is 9.31. The number of pyridine rings is 1. The molecule has 1 rings (SSSR count). The number of carbonyl (C=O) groups is 1. The molecule has 20 heavy (non-hydrogen) atoms. The maximum atomic E-state index is 11.0. The lowest BCUT2D eigenvalue weighted by Crippen LogP contribution is -2.35. The third kappa shape index (κ3) is 4.70. The van der Waals surface area contributed by atoms with Gasteiger partial charge in [-0.2, -0.15) is 0 Å². The molecule has 6 nitrogen and oxygen atoms in total. The van der Waals surface area contributed by atoms with Crippen molar-refractivity contribution in [3.8, 4) is 0 Å².